The van der Waals surface area contributed by atoms with Gasteiger partial charge in [-0.05, 0) is 30.7 Å². The van der Waals surface area contributed by atoms with Gasteiger partial charge in [-0.15, -0.1) is 0 Å². The maximum absolute atomic E-state index is 12.0. The Morgan fingerprint density at radius 1 is 0.667 bits per heavy atom. The fourth-order valence-electron chi connectivity index (χ4n) is 3.63. The quantitative estimate of drug-likeness (QED) is 0.0906. The van der Waals surface area contributed by atoms with Crippen LogP contribution >= 0.6 is 0 Å². The zero-order valence-corrected chi connectivity index (χ0v) is 23.9. The molecule has 0 saturated heterocycles. The molecule has 0 fully saturated rings. The molecule has 0 unspecified atom stereocenters. The molecular weight excluding hydrogens is 558 g/mol. The number of carbonyl (C=O) groups excluding carboxylic acids is 4. The second kappa shape index (κ2) is 16.2. The summed E-state index contributed by atoms with van der Waals surface area (Å²) in [5.74, 6) is -2.18. The largest absolute Gasteiger partial charge is 0.488 e. The van der Waals surface area contributed by atoms with Crippen molar-refractivity contribution in [2.24, 2.45) is 0 Å². The Labute approximate surface area is 241 Å². The van der Waals surface area contributed by atoms with E-state index in [2.05, 4.69) is 0 Å². The molecule has 0 radical (unpaired) electrons. The molecular formula is C27H33N3O12. The van der Waals surface area contributed by atoms with Gasteiger partial charge in [-0.3, -0.25) is 29.3 Å². The molecule has 2 aromatic rings. The first-order valence-electron chi connectivity index (χ1n) is 12.4. The molecule has 15 heteroatoms. The lowest BCUT2D eigenvalue weighted by atomic mass is 10.2. The molecule has 0 heterocycles. The summed E-state index contributed by atoms with van der Waals surface area (Å²) < 4.78 is 30.6. The Morgan fingerprint density at radius 3 is 1.43 bits per heavy atom. The summed E-state index contributed by atoms with van der Waals surface area (Å²) in [5, 5.41) is 11.4. The normalized spacial score (nSPS) is 10.2. The Morgan fingerprint density at radius 2 is 1.05 bits per heavy atom. The highest BCUT2D eigenvalue weighted by atomic mass is 16.6. The molecule has 0 amide bonds. The van der Waals surface area contributed by atoms with Crippen LogP contribution in [0.5, 0.6) is 11.5 Å². The molecule has 0 atom stereocenters. The lowest BCUT2D eigenvalue weighted by molar-refractivity contribution is -0.384. The third-order valence-electron chi connectivity index (χ3n) is 5.74. The van der Waals surface area contributed by atoms with Gasteiger partial charge in [0.25, 0.3) is 5.69 Å². The van der Waals surface area contributed by atoms with Crippen molar-refractivity contribution < 1.29 is 52.5 Å². The molecule has 2 rings (SSSR count). The van der Waals surface area contributed by atoms with E-state index in [0.717, 1.165) is 11.6 Å². The number of rotatable bonds is 16. The number of carbonyl (C=O) groups is 4. The first kappa shape index (κ1) is 33.1. The van der Waals surface area contributed by atoms with Crippen molar-refractivity contribution in [1.82, 2.24) is 0 Å². The van der Waals surface area contributed by atoms with Crippen LogP contribution in [-0.2, 0) is 38.1 Å². The third kappa shape index (κ3) is 9.83. The van der Waals surface area contributed by atoms with E-state index in [9.17, 15) is 29.3 Å². The second-order valence-electron chi connectivity index (χ2n) is 8.59. The number of nitro benzene ring substituents is 1. The zero-order chi connectivity index (χ0) is 31.2. The number of nitrogens with zero attached hydrogens (tertiary/aromatic N) is 3. The van der Waals surface area contributed by atoms with Crippen LogP contribution in [0.4, 0.5) is 17.1 Å². The predicted molar refractivity (Wildman–Crippen MR) is 148 cm³/mol. The fraction of sp³-hybridized carbons (Fsp3) is 0.407. The smallest absolute Gasteiger partial charge is 0.325 e. The fourth-order valence-corrected chi connectivity index (χ4v) is 3.63. The molecule has 0 aliphatic heterocycles. The van der Waals surface area contributed by atoms with Crippen LogP contribution in [-0.4, -0.2) is 96.6 Å². The average molecular weight is 592 g/mol. The van der Waals surface area contributed by atoms with E-state index in [-0.39, 0.29) is 56.5 Å². The summed E-state index contributed by atoms with van der Waals surface area (Å²) in [6.45, 7) is 0.392. The number of benzene rings is 2. The SMILES string of the molecule is COC(=O)CN(CC(=O)OC)c1ccc(C)cc1OCCOc1cc([N+](=O)[O-])ccc1N(CC(=O)OC)CC(=O)OC. The Hall–Kier alpha value is -5.08. The van der Waals surface area contributed by atoms with Crippen LogP contribution < -0.4 is 19.3 Å². The lowest BCUT2D eigenvalue weighted by Crippen LogP contribution is -2.36. The summed E-state index contributed by atoms with van der Waals surface area (Å²) in [6, 6.07) is 8.85. The van der Waals surface area contributed by atoms with Gasteiger partial charge >= 0.3 is 23.9 Å². The Balaban J connectivity index is 2.31. The summed E-state index contributed by atoms with van der Waals surface area (Å²) in [7, 11) is 4.81. The van der Waals surface area contributed by atoms with E-state index >= 15 is 0 Å². The third-order valence-corrected chi connectivity index (χ3v) is 5.74. The van der Waals surface area contributed by atoms with Gasteiger partial charge in [0.2, 0.25) is 0 Å². The molecule has 0 aliphatic carbocycles. The van der Waals surface area contributed by atoms with Crippen LogP contribution in [0, 0.1) is 17.0 Å². The maximum Gasteiger partial charge on any atom is 0.325 e. The van der Waals surface area contributed by atoms with Crippen molar-refractivity contribution in [3.05, 3.63) is 52.1 Å². The summed E-state index contributed by atoms with van der Waals surface area (Å²) >= 11 is 0. The molecule has 2 aromatic carbocycles. The van der Waals surface area contributed by atoms with Gasteiger partial charge in [0.05, 0.1) is 50.8 Å². The van der Waals surface area contributed by atoms with Crippen LogP contribution in [0.3, 0.4) is 0 Å². The number of hydrogen-bond acceptors (Lipinski definition) is 14. The van der Waals surface area contributed by atoms with Crippen molar-refractivity contribution in [3.8, 4) is 11.5 Å². The minimum absolute atomic E-state index is 0.00285. The minimum atomic E-state index is -0.665. The van der Waals surface area contributed by atoms with Gasteiger partial charge < -0.3 is 38.2 Å². The van der Waals surface area contributed by atoms with E-state index < -0.39 is 28.8 Å². The number of methoxy groups -OCH3 is 4. The van der Waals surface area contributed by atoms with E-state index in [1.807, 2.05) is 6.92 Å². The predicted octanol–water partition coefficient (Wildman–Crippen LogP) is 1.67. The van der Waals surface area contributed by atoms with E-state index in [1.165, 1.54) is 50.4 Å². The molecule has 42 heavy (non-hydrogen) atoms. The topological polar surface area (TPSA) is 173 Å². The van der Waals surface area contributed by atoms with Crippen LogP contribution in [0.25, 0.3) is 0 Å². The monoisotopic (exact) mass is 591 g/mol. The van der Waals surface area contributed by atoms with Crippen LogP contribution in [0.2, 0.25) is 0 Å². The maximum atomic E-state index is 12.0. The molecule has 0 aromatic heterocycles. The standard InChI is InChI=1S/C27H33N3O12/c1-18-6-8-20(28(14-24(31)37-2)15-25(32)38-3)22(12-18)41-10-11-42-23-13-19(30(35)36)7-9-21(23)29(16-26(33)39-4)17-27(34)40-5/h6-9,12-13H,10-11,14-17H2,1-5H3. The van der Waals surface area contributed by atoms with Gasteiger partial charge in [-0.1, -0.05) is 6.07 Å². The summed E-state index contributed by atoms with van der Waals surface area (Å²) in [4.78, 5) is 61.6. The summed E-state index contributed by atoms with van der Waals surface area (Å²) in [5.41, 5.74) is 1.16. The van der Waals surface area contributed by atoms with Crippen molar-refractivity contribution in [2.45, 2.75) is 6.92 Å². The summed E-state index contributed by atoms with van der Waals surface area (Å²) in [6.07, 6.45) is 0. The van der Waals surface area contributed by atoms with Crippen molar-refractivity contribution in [3.63, 3.8) is 0 Å². The second-order valence-corrected chi connectivity index (χ2v) is 8.59. The highest BCUT2D eigenvalue weighted by Crippen LogP contribution is 2.33. The van der Waals surface area contributed by atoms with Crippen molar-refractivity contribution in [1.29, 1.82) is 0 Å². The van der Waals surface area contributed by atoms with Crippen LogP contribution in [0.15, 0.2) is 36.4 Å². The Bertz CT molecular complexity index is 1250. The molecule has 0 N–H and O–H groups in total. The minimum Gasteiger partial charge on any atom is -0.488 e. The molecule has 0 bridgehead atoms. The van der Waals surface area contributed by atoms with E-state index in [4.69, 9.17) is 28.4 Å². The average Bonchev–Trinajstić information content (AvgIpc) is 2.98. The number of esters is 4. The molecule has 228 valence electrons. The first-order chi connectivity index (χ1) is 20.0. The van der Waals surface area contributed by atoms with Crippen molar-refractivity contribution >= 4 is 40.9 Å². The van der Waals surface area contributed by atoms with Gasteiger partial charge in [0.15, 0.2) is 0 Å². The van der Waals surface area contributed by atoms with Gasteiger partial charge in [0.1, 0.15) is 50.9 Å². The number of aryl methyl sites for hydroxylation is 1. The van der Waals surface area contributed by atoms with E-state index in [0.29, 0.717) is 11.4 Å². The van der Waals surface area contributed by atoms with Gasteiger partial charge in [-0.2, -0.15) is 0 Å². The van der Waals surface area contributed by atoms with E-state index in [1.54, 1.807) is 18.2 Å². The number of anilines is 2. The van der Waals surface area contributed by atoms with Gasteiger partial charge in [-0.25, -0.2) is 0 Å². The highest BCUT2D eigenvalue weighted by molar-refractivity contribution is 5.83. The first-order valence-corrected chi connectivity index (χ1v) is 12.4. The lowest BCUT2D eigenvalue weighted by Gasteiger charge is -2.25. The van der Waals surface area contributed by atoms with Crippen molar-refractivity contribution in [2.75, 3.05) is 77.6 Å². The molecule has 0 aliphatic rings. The highest BCUT2D eigenvalue weighted by Gasteiger charge is 2.23. The molecule has 15 nitrogen and oxygen atoms in total. The zero-order valence-electron chi connectivity index (χ0n) is 23.9. The Kier molecular flexibility index (Phi) is 12.8. The van der Waals surface area contributed by atoms with Gasteiger partial charge in [0, 0.05) is 6.07 Å². The molecule has 0 saturated carbocycles. The number of ether oxygens (including phenoxy) is 6. The number of non-ortho nitro benzene ring substituents is 1. The van der Waals surface area contributed by atoms with Crippen LogP contribution in [0.1, 0.15) is 5.56 Å². The number of hydrogen-bond donors (Lipinski definition) is 0. The molecule has 0 spiro atoms. The number of nitro groups is 1.